The van der Waals surface area contributed by atoms with Gasteiger partial charge in [0.2, 0.25) is 0 Å². The highest BCUT2D eigenvalue weighted by Crippen LogP contribution is 1.89. The number of hydrogen-bond donors (Lipinski definition) is 0. The van der Waals surface area contributed by atoms with Crippen molar-refractivity contribution in [3.63, 3.8) is 0 Å². The number of ether oxygens (including phenoxy) is 2. The second-order valence-corrected chi connectivity index (χ2v) is 1.79. The van der Waals surface area contributed by atoms with Crippen LogP contribution in [-0.4, -0.2) is 25.2 Å². The van der Waals surface area contributed by atoms with Crippen LogP contribution in [0.4, 0.5) is 0 Å². The van der Waals surface area contributed by atoms with Gasteiger partial charge in [-0.25, -0.2) is 0 Å². The standard InChI is InChI=1S/C7H12O4/c1-3-10-6(8)5-7(9)11-4-2/h3-5H2,1-2H3/i5+1. The van der Waals surface area contributed by atoms with Gasteiger partial charge < -0.3 is 9.47 Å². The zero-order valence-electron chi connectivity index (χ0n) is 6.75. The molecule has 0 aliphatic carbocycles. The van der Waals surface area contributed by atoms with E-state index in [4.69, 9.17) is 0 Å². The summed E-state index contributed by atoms with van der Waals surface area (Å²) in [4.78, 5) is 21.2. The Morgan fingerprint density at radius 1 is 1.00 bits per heavy atom. The van der Waals surface area contributed by atoms with E-state index in [0.717, 1.165) is 0 Å². The fourth-order valence-corrected chi connectivity index (χ4v) is 0.542. The molecule has 0 saturated heterocycles. The van der Waals surface area contributed by atoms with Gasteiger partial charge in [0.1, 0.15) is 6.42 Å². The first-order valence-corrected chi connectivity index (χ1v) is 3.52. The fourth-order valence-electron chi connectivity index (χ4n) is 0.542. The first kappa shape index (κ1) is 9.94. The molecule has 0 amide bonds. The van der Waals surface area contributed by atoms with Crippen LogP contribution in [0, 0.1) is 0 Å². The van der Waals surface area contributed by atoms with Gasteiger partial charge in [-0.3, -0.25) is 9.59 Å². The summed E-state index contributed by atoms with van der Waals surface area (Å²) in [5.74, 6) is -1.07. The van der Waals surface area contributed by atoms with Gasteiger partial charge in [0.15, 0.2) is 0 Å². The third-order valence-corrected chi connectivity index (χ3v) is 0.899. The van der Waals surface area contributed by atoms with Crippen LogP contribution in [-0.2, 0) is 19.1 Å². The van der Waals surface area contributed by atoms with Crippen LogP contribution < -0.4 is 0 Å². The minimum absolute atomic E-state index is 0.290. The molecule has 0 bridgehead atoms. The molecule has 0 atom stereocenters. The first-order chi connectivity index (χ1) is 5.20. The summed E-state index contributed by atoms with van der Waals surface area (Å²) < 4.78 is 9.04. The van der Waals surface area contributed by atoms with Crippen LogP contribution in [0.5, 0.6) is 0 Å². The van der Waals surface area contributed by atoms with Crippen LogP contribution in [0.25, 0.3) is 0 Å². The zero-order valence-corrected chi connectivity index (χ0v) is 6.75. The van der Waals surface area contributed by atoms with Crippen molar-refractivity contribution in [3.05, 3.63) is 0 Å². The lowest BCUT2D eigenvalue weighted by molar-refractivity contribution is -0.153. The van der Waals surface area contributed by atoms with Crippen molar-refractivity contribution in [1.29, 1.82) is 0 Å². The summed E-state index contributed by atoms with van der Waals surface area (Å²) in [5.41, 5.74) is 0. The maximum absolute atomic E-state index is 10.6. The summed E-state index contributed by atoms with van der Waals surface area (Å²) >= 11 is 0. The number of carbonyl (C=O) groups is 2. The Kier molecular flexibility index (Phi) is 5.15. The number of rotatable bonds is 4. The summed E-state index contributed by atoms with van der Waals surface area (Å²) in [6.07, 6.45) is -0.290. The molecule has 0 aromatic carbocycles. The van der Waals surface area contributed by atoms with Crippen molar-refractivity contribution < 1.29 is 19.1 Å². The van der Waals surface area contributed by atoms with Gasteiger partial charge in [-0.2, -0.15) is 0 Å². The Balaban J connectivity index is 3.49. The molecule has 0 unspecified atom stereocenters. The van der Waals surface area contributed by atoms with Gasteiger partial charge >= 0.3 is 11.9 Å². The molecule has 4 heteroatoms. The van der Waals surface area contributed by atoms with Gasteiger partial charge in [0.05, 0.1) is 13.2 Å². The van der Waals surface area contributed by atoms with Crippen LogP contribution in [0.2, 0.25) is 0 Å². The molecule has 0 rings (SSSR count). The molecule has 0 radical (unpaired) electrons. The molecule has 0 aromatic rings. The largest absolute Gasteiger partial charge is 0.466 e. The monoisotopic (exact) mass is 161 g/mol. The molecule has 0 fully saturated rings. The van der Waals surface area contributed by atoms with Crippen molar-refractivity contribution in [3.8, 4) is 0 Å². The van der Waals surface area contributed by atoms with E-state index in [1.165, 1.54) is 0 Å². The summed E-state index contributed by atoms with van der Waals surface area (Å²) in [5, 5.41) is 0. The van der Waals surface area contributed by atoms with E-state index in [-0.39, 0.29) is 19.6 Å². The van der Waals surface area contributed by atoms with E-state index >= 15 is 0 Å². The predicted octanol–water partition coefficient (Wildman–Crippen LogP) is 0.503. The van der Waals surface area contributed by atoms with Gasteiger partial charge in [-0.1, -0.05) is 0 Å². The minimum Gasteiger partial charge on any atom is -0.466 e. The van der Waals surface area contributed by atoms with Crippen molar-refractivity contribution in [1.82, 2.24) is 0 Å². The molecule has 0 aliphatic rings. The number of esters is 2. The Hall–Kier alpha value is -1.06. The van der Waals surface area contributed by atoms with Crippen molar-refractivity contribution >= 4 is 11.9 Å². The maximum atomic E-state index is 10.6. The number of hydrogen-bond acceptors (Lipinski definition) is 4. The molecule has 0 aromatic heterocycles. The van der Waals surface area contributed by atoms with Gasteiger partial charge in [0, 0.05) is 0 Å². The average molecular weight is 161 g/mol. The quantitative estimate of drug-likeness (QED) is 0.342. The van der Waals surface area contributed by atoms with E-state index in [1.54, 1.807) is 13.8 Å². The molecule has 0 N–H and O–H groups in total. The van der Waals surface area contributed by atoms with E-state index in [1.807, 2.05) is 0 Å². The van der Waals surface area contributed by atoms with Crippen molar-refractivity contribution in [2.75, 3.05) is 13.2 Å². The Morgan fingerprint density at radius 2 is 1.36 bits per heavy atom. The van der Waals surface area contributed by atoms with Crippen molar-refractivity contribution in [2.24, 2.45) is 0 Å². The van der Waals surface area contributed by atoms with Gasteiger partial charge in [-0.05, 0) is 13.8 Å². The molecule has 0 spiro atoms. The lowest BCUT2D eigenvalue weighted by Gasteiger charge is -2.00. The molecule has 64 valence electrons. The highest BCUT2D eigenvalue weighted by Gasteiger charge is 2.09. The van der Waals surface area contributed by atoms with Crippen LogP contribution in [0.15, 0.2) is 0 Å². The predicted molar refractivity (Wildman–Crippen MR) is 37.9 cm³/mol. The molecule has 0 heterocycles. The molecular formula is C7H12O4. The van der Waals surface area contributed by atoms with E-state index < -0.39 is 11.9 Å². The van der Waals surface area contributed by atoms with Crippen LogP contribution in [0.3, 0.4) is 0 Å². The third kappa shape index (κ3) is 5.39. The molecule has 0 saturated carbocycles. The topological polar surface area (TPSA) is 52.6 Å². The number of carbonyl (C=O) groups excluding carboxylic acids is 2. The normalized spacial score (nSPS) is 8.91. The van der Waals surface area contributed by atoms with E-state index in [9.17, 15) is 9.59 Å². The zero-order chi connectivity index (χ0) is 8.69. The summed E-state index contributed by atoms with van der Waals surface area (Å²) in [6, 6.07) is 0. The summed E-state index contributed by atoms with van der Waals surface area (Å²) in [7, 11) is 0. The lowest BCUT2D eigenvalue weighted by atomic mass is 10.7. The Labute approximate surface area is 65.5 Å². The molecular weight excluding hydrogens is 149 g/mol. The smallest absolute Gasteiger partial charge is 0.317 e. The highest BCUT2D eigenvalue weighted by atomic mass is 16.6. The lowest BCUT2D eigenvalue weighted by Crippen LogP contribution is -2.13. The molecule has 11 heavy (non-hydrogen) atoms. The van der Waals surface area contributed by atoms with Crippen LogP contribution >= 0.6 is 0 Å². The minimum atomic E-state index is -0.536. The Morgan fingerprint density at radius 3 is 1.64 bits per heavy atom. The Bertz CT molecular complexity index is 125. The second-order valence-electron chi connectivity index (χ2n) is 1.79. The first-order valence-electron chi connectivity index (χ1n) is 3.52. The second kappa shape index (κ2) is 5.70. The average Bonchev–Trinajstić information content (AvgIpc) is 1.87. The highest BCUT2D eigenvalue weighted by molar-refractivity contribution is 5.91. The van der Waals surface area contributed by atoms with Crippen LogP contribution in [0.1, 0.15) is 20.3 Å². The summed E-state index contributed by atoms with van der Waals surface area (Å²) in [6.45, 7) is 3.95. The maximum Gasteiger partial charge on any atom is 0.317 e. The SMILES string of the molecule is CCOC(=O)[13CH2]C(=O)OCC. The van der Waals surface area contributed by atoms with E-state index in [2.05, 4.69) is 9.47 Å². The fraction of sp³-hybridized carbons (Fsp3) is 0.714. The third-order valence-electron chi connectivity index (χ3n) is 0.899. The van der Waals surface area contributed by atoms with Crippen molar-refractivity contribution in [2.45, 2.75) is 20.3 Å². The molecule has 0 aliphatic heterocycles. The molecule has 4 nitrogen and oxygen atoms in total. The van der Waals surface area contributed by atoms with Gasteiger partial charge in [-0.15, -0.1) is 0 Å². The van der Waals surface area contributed by atoms with E-state index in [0.29, 0.717) is 0 Å². The van der Waals surface area contributed by atoms with Gasteiger partial charge in [0.25, 0.3) is 0 Å².